The van der Waals surface area contributed by atoms with Crippen molar-refractivity contribution in [3.05, 3.63) is 47.5 Å². The smallest absolute Gasteiger partial charge is 0.211 e. The van der Waals surface area contributed by atoms with Crippen LogP contribution in [0.3, 0.4) is 0 Å². The lowest BCUT2D eigenvalue weighted by atomic mass is 9.99. The molecule has 0 bridgehead atoms. The summed E-state index contributed by atoms with van der Waals surface area (Å²) in [5.74, 6) is 0.738. The second-order valence-corrected chi connectivity index (χ2v) is 6.62. The summed E-state index contributed by atoms with van der Waals surface area (Å²) in [6.07, 6.45) is 0.604. The molecule has 0 spiro atoms. The van der Waals surface area contributed by atoms with E-state index in [9.17, 15) is 4.79 Å². The summed E-state index contributed by atoms with van der Waals surface area (Å²) in [4.78, 5) is 15.3. The molecule has 27 heavy (non-hydrogen) atoms. The normalized spacial score (nSPS) is 14.7. The van der Waals surface area contributed by atoms with Gasteiger partial charge in [0.25, 0.3) is 0 Å². The van der Waals surface area contributed by atoms with E-state index in [1.807, 2.05) is 18.2 Å². The number of piperazine rings is 1. The highest BCUT2D eigenvalue weighted by molar-refractivity contribution is 6.14. The number of ether oxygens (including phenoxy) is 1. The van der Waals surface area contributed by atoms with Gasteiger partial charge < -0.3 is 25.6 Å². The van der Waals surface area contributed by atoms with E-state index < -0.39 is 0 Å². The number of nitrogens with zero attached hydrogens (tertiary/aromatic N) is 2. The predicted octanol–water partition coefficient (Wildman–Crippen LogP) is 2.01. The molecule has 2 aromatic rings. The van der Waals surface area contributed by atoms with Gasteiger partial charge in [0, 0.05) is 48.7 Å². The first-order chi connectivity index (χ1) is 13.0. The van der Waals surface area contributed by atoms with Crippen molar-refractivity contribution < 1.29 is 9.53 Å². The summed E-state index contributed by atoms with van der Waals surface area (Å²) >= 11 is 0. The fourth-order valence-electron chi connectivity index (χ4n) is 3.23. The van der Waals surface area contributed by atoms with Gasteiger partial charge in [-0.15, -0.1) is 0 Å². The van der Waals surface area contributed by atoms with Gasteiger partial charge in [-0.3, -0.25) is 10.2 Å². The van der Waals surface area contributed by atoms with Crippen LogP contribution in [0.5, 0.6) is 5.75 Å². The number of hydrogen-bond donors (Lipinski definition) is 3. The Bertz CT molecular complexity index is 844. The van der Waals surface area contributed by atoms with E-state index in [0.29, 0.717) is 28.9 Å². The van der Waals surface area contributed by atoms with Crippen molar-refractivity contribution in [2.45, 2.75) is 0 Å². The monoisotopic (exact) mass is 367 g/mol. The third-order valence-corrected chi connectivity index (χ3v) is 4.86. The minimum atomic E-state index is 0.283. The molecule has 0 unspecified atom stereocenters. The van der Waals surface area contributed by atoms with Gasteiger partial charge in [0.1, 0.15) is 5.75 Å². The number of anilines is 3. The number of rotatable bonds is 6. The van der Waals surface area contributed by atoms with Crippen LogP contribution >= 0.6 is 0 Å². The van der Waals surface area contributed by atoms with Gasteiger partial charge in [0.15, 0.2) is 0 Å². The summed E-state index contributed by atoms with van der Waals surface area (Å²) in [6, 6.07) is 10.9. The molecule has 2 aromatic carbocycles. The molecule has 7 nitrogen and oxygen atoms in total. The molecule has 1 saturated heterocycles. The molecular weight excluding hydrogens is 342 g/mol. The lowest BCUT2D eigenvalue weighted by Gasteiger charge is -2.34. The van der Waals surface area contributed by atoms with Gasteiger partial charge in [0.2, 0.25) is 6.41 Å². The SMILES string of the molecule is COc1cc(C(=N)c2cc(NC=O)ccc2N)ccc1N1CCN(C)CC1. The minimum Gasteiger partial charge on any atom is -0.495 e. The first kappa shape index (κ1) is 18.7. The van der Waals surface area contributed by atoms with Crippen molar-refractivity contribution in [2.75, 3.05) is 56.3 Å². The van der Waals surface area contributed by atoms with Crippen LogP contribution in [0.1, 0.15) is 11.1 Å². The fraction of sp³-hybridized carbons (Fsp3) is 0.300. The molecule has 1 heterocycles. The molecule has 7 heteroatoms. The van der Waals surface area contributed by atoms with Crippen molar-refractivity contribution in [3.8, 4) is 5.75 Å². The highest BCUT2D eigenvalue weighted by Gasteiger charge is 2.19. The highest BCUT2D eigenvalue weighted by Crippen LogP contribution is 2.31. The molecule has 1 aliphatic heterocycles. The molecule has 4 N–H and O–H groups in total. The Hall–Kier alpha value is -3.06. The van der Waals surface area contributed by atoms with Gasteiger partial charge in [0.05, 0.1) is 18.5 Å². The van der Waals surface area contributed by atoms with Gasteiger partial charge >= 0.3 is 0 Å². The Labute approximate surface area is 159 Å². The Morgan fingerprint density at radius 1 is 1.19 bits per heavy atom. The van der Waals surface area contributed by atoms with E-state index in [0.717, 1.165) is 37.6 Å². The fourth-order valence-corrected chi connectivity index (χ4v) is 3.23. The van der Waals surface area contributed by atoms with E-state index in [4.69, 9.17) is 15.9 Å². The van der Waals surface area contributed by atoms with E-state index in [2.05, 4.69) is 22.2 Å². The molecule has 0 radical (unpaired) electrons. The van der Waals surface area contributed by atoms with Crippen LogP contribution in [-0.2, 0) is 4.79 Å². The van der Waals surface area contributed by atoms with Crippen LogP contribution in [0, 0.1) is 5.41 Å². The molecule has 0 aliphatic carbocycles. The molecule has 1 aliphatic rings. The van der Waals surface area contributed by atoms with Crippen LogP contribution in [0.4, 0.5) is 17.1 Å². The molecule has 0 saturated carbocycles. The number of hydrogen-bond acceptors (Lipinski definition) is 6. The molecule has 1 fully saturated rings. The number of likely N-dealkylation sites (N-methyl/N-ethyl adjacent to an activating group) is 1. The Kier molecular flexibility index (Phi) is 5.61. The molecule has 0 atom stereocenters. The highest BCUT2D eigenvalue weighted by atomic mass is 16.5. The van der Waals surface area contributed by atoms with E-state index in [-0.39, 0.29) is 5.71 Å². The van der Waals surface area contributed by atoms with Crippen molar-refractivity contribution in [1.82, 2.24) is 4.90 Å². The van der Waals surface area contributed by atoms with E-state index in [1.165, 1.54) is 0 Å². The predicted molar refractivity (Wildman–Crippen MR) is 109 cm³/mol. The quantitative estimate of drug-likeness (QED) is 0.412. The van der Waals surface area contributed by atoms with Gasteiger partial charge in [-0.2, -0.15) is 0 Å². The minimum absolute atomic E-state index is 0.283. The zero-order valence-corrected chi connectivity index (χ0v) is 15.7. The van der Waals surface area contributed by atoms with Crippen molar-refractivity contribution in [2.24, 2.45) is 0 Å². The summed E-state index contributed by atoms with van der Waals surface area (Å²) in [5, 5.41) is 11.2. The molecule has 0 aromatic heterocycles. The van der Waals surface area contributed by atoms with E-state index >= 15 is 0 Å². The number of carbonyl (C=O) groups excluding carboxylic acids is 1. The second-order valence-electron chi connectivity index (χ2n) is 6.62. The van der Waals surface area contributed by atoms with Crippen LogP contribution in [0.15, 0.2) is 36.4 Å². The number of nitrogens with two attached hydrogens (primary N) is 1. The molecular formula is C20H25N5O2. The van der Waals surface area contributed by atoms with Crippen LogP contribution in [0.25, 0.3) is 0 Å². The Balaban J connectivity index is 1.90. The Morgan fingerprint density at radius 3 is 2.59 bits per heavy atom. The molecule has 1 amide bonds. The number of benzene rings is 2. The largest absolute Gasteiger partial charge is 0.495 e. The second kappa shape index (κ2) is 8.09. The van der Waals surface area contributed by atoms with Gasteiger partial charge in [-0.05, 0) is 37.4 Å². The third kappa shape index (κ3) is 4.03. The maximum absolute atomic E-state index is 10.7. The lowest BCUT2D eigenvalue weighted by molar-refractivity contribution is -0.105. The Morgan fingerprint density at radius 2 is 1.93 bits per heavy atom. The van der Waals surface area contributed by atoms with Gasteiger partial charge in [-0.1, -0.05) is 6.07 Å². The molecule has 142 valence electrons. The molecule has 3 rings (SSSR count). The number of amides is 1. The topological polar surface area (TPSA) is 94.7 Å². The summed E-state index contributed by atoms with van der Waals surface area (Å²) < 4.78 is 5.60. The van der Waals surface area contributed by atoms with E-state index in [1.54, 1.807) is 25.3 Å². The number of carbonyl (C=O) groups is 1. The van der Waals surface area contributed by atoms with Gasteiger partial charge in [-0.25, -0.2) is 0 Å². The zero-order chi connectivity index (χ0) is 19.4. The first-order valence-electron chi connectivity index (χ1n) is 8.84. The van der Waals surface area contributed by atoms with Crippen LogP contribution in [-0.4, -0.2) is 57.4 Å². The zero-order valence-electron chi connectivity index (χ0n) is 15.7. The number of nitrogens with one attached hydrogen (secondary N) is 2. The first-order valence-corrected chi connectivity index (χ1v) is 8.84. The maximum atomic E-state index is 10.7. The standard InChI is InChI=1S/C20H25N5O2/c1-24-7-9-25(10-8-24)18-6-3-14(11-19(18)27-2)20(22)16-12-15(23-13-26)4-5-17(16)21/h3-6,11-13,22H,7-10,21H2,1-2H3,(H,23,26). The summed E-state index contributed by atoms with van der Waals surface area (Å²) in [5.41, 5.74) is 9.73. The average Bonchev–Trinajstić information content (AvgIpc) is 2.69. The number of nitrogen functional groups attached to an aromatic ring is 1. The number of methoxy groups -OCH3 is 1. The maximum Gasteiger partial charge on any atom is 0.211 e. The van der Waals surface area contributed by atoms with Crippen molar-refractivity contribution in [3.63, 3.8) is 0 Å². The summed E-state index contributed by atoms with van der Waals surface area (Å²) in [6.45, 7) is 3.90. The summed E-state index contributed by atoms with van der Waals surface area (Å²) in [7, 11) is 3.77. The third-order valence-electron chi connectivity index (χ3n) is 4.86. The van der Waals surface area contributed by atoms with Crippen LogP contribution in [0.2, 0.25) is 0 Å². The van der Waals surface area contributed by atoms with Crippen molar-refractivity contribution in [1.29, 1.82) is 5.41 Å². The van der Waals surface area contributed by atoms with Crippen LogP contribution < -0.4 is 20.7 Å². The average molecular weight is 367 g/mol. The van der Waals surface area contributed by atoms with Crippen molar-refractivity contribution >= 4 is 29.2 Å². The lowest BCUT2D eigenvalue weighted by Crippen LogP contribution is -2.44.